The number of carbonyl (C=O) groups excluding carboxylic acids is 3. The highest BCUT2D eigenvalue weighted by molar-refractivity contribution is 6.26. The Hall–Kier alpha value is -3.15. The smallest absolute Gasteiger partial charge is 0.331 e. The van der Waals surface area contributed by atoms with E-state index >= 15 is 0 Å². The summed E-state index contributed by atoms with van der Waals surface area (Å²) in [6.45, 7) is 1.71. The second-order valence-corrected chi connectivity index (χ2v) is 5.03. The molecule has 0 spiro atoms. The Morgan fingerprint density at radius 3 is 2.43 bits per heavy atom. The molecule has 1 atom stereocenters. The fourth-order valence-electron chi connectivity index (χ4n) is 2.20. The van der Waals surface area contributed by atoms with Crippen LogP contribution in [0.4, 0.5) is 5.88 Å². The summed E-state index contributed by atoms with van der Waals surface area (Å²) in [5, 5.41) is 2.39. The lowest BCUT2D eigenvalue weighted by atomic mass is 9.98. The van der Waals surface area contributed by atoms with Gasteiger partial charge in [0.2, 0.25) is 5.91 Å². The summed E-state index contributed by atoms with van der Waals surface area (Å²) in [5.74, 6) is -2.93. The molecule has 1 aliphatic heterocycles. The van der Waals surface area contributed by atoms with Crippen molar-refractivity contribution in [1.29, 1.82) is 0 Å². The van der Waals surface area contributed by atoms with Crippen LogP contribution in [0.1, 0.15) is 11.3 Å². The van der Waals surface area contributed by atoms with Crippen LogP contribution in [-0.4, -0.2) is 17.7 Å². The van der Waals surface area contributed by atoms with Crippen LogP contribution < -0.4 is 5.32 Å². The maximum atomic E-state index is 12.2. The third-order valence-corrected chi connectivity index (χ3v) is 3.31. The standard InChI is InChI=1S/C17H13NO5/c1-10-7-8-14(22-10)18-16(20)15-12(19)9-13(23-17(15)21)11-5-3-2-4-6-11/h2-9,15H,1H3,(H,18,20). The zero-order valence-corrected chi connectivity index (χ0v) is 12.2. The van der Waals surface area contributed by atoms with E-state index in [1.165, 1.54) is 6.07 Å². The summed E-state index contributed by atoms with van der Waals surface area (Å²) >= 11 is 0. The van der Waals surface area contributed by atoms with E-state index in [0.717, 1.165) is 6.08 Å². The molecule has 6 nitrogen and oxygen atoms in total. The van der Waals surface area contributed by atoms with Gasteiger partial charge in [0.05, 0.1) is 0 Å². The predicted octanol–water partition coefficient (Wildman–Crippen LogP) is 2.31. The highest BCUT2D eigenvalue weighted by atomic mass is 16.5. The zero-order valence-electron chi connectivity index (χ0n) is 12.2. The number of aryl methyl sites for hydroxylation is 1. The van der Waals surface area contributed by atoms with Crippen molar-refractivity contribution in [3.63, 3.8) is 0 Å². The van der Waals surface area contributed by atoms with Gasteiger partial charge in [-0.15, -0.1) is 0 Å². The fourth-order valence-corrected chi connectivity index (χ4v) is 2.20. The number of hydrogen-bond donors (Lipinski definition) is 1. The van der Waals surface area contributed by atoms with Crippen LogP contribution in [0.2, 0.25) is 0 Å². The van der Waals surface area contributed by atoms with Crippen LogP contribution in [-0.2, 0) is 19.1 Å². The normalized spacial score (nSPS) is 17.4. The Morgan fingerprint density at radius 2 is 1.83 bits per heavy atom. The van der Waals surface area contributed by atoms with Gasteiger partial charge in [0, 0.05) is 17.7 Å². The topological polar surface area (TPSA) is 85.6 Å². The molecule has 23 heavy (non-hydrogen) atoms. The van der Waals surface area contributed by atoms with E-state index in [4.69, 9.17) is 9.15 Å². The third kappa shape index (κ3) is 3.06. The van der Waals surface area contributed by atoms with Crippen molar-refractivity contribution >= 4 is 29.3 Å². The summed E-state index contributed by atoms with van der Waals surface area (Å²) in [7, 11) is 0. The van der Waals surface area contributed by atoms with Crippen LogP contribution in [0.15, 0.2) is 53.0 Å². The Balaban J connectivity index is 1.80. The first kappa shape index (κ1) is 14.8. The number of rotatable bonds is 3. The van der Waals surface area contributed by atoms with Crippen LogP contribution in [0.25, 0.3) is 5.76 Å². The second kappa shape index (κ2) is 5.92. The predicted molar refractivity (Wildman–Crippen MR) is 81.1 cm³/mol. The van der Waals surface area contributed by atoms with Gasteiger partial charge in [0.1, 0.15) is 11.5 Å². The van der Waals surface area contributed by atoms with E-state index in [9.17, 15) is 14.4 Å². The summed E-state index contributed by atoms with van der Waals surface area (Å²) < 4.78 is 10.3. The number of carbonyl (C=O) groups is 3. The lowest BCUT2D eigenvalue weighted by Crippen LogP contribution is -2.38. The Kier molecular flexibility index (Phi) is 3.80. The van der Waals surface area contributed by atoms with Crippen molar-refractivity contribution in [2.24, 2.45) is 5.92 Å². The molecule has 0 saturated carbocycles. The zero-order chi connectivity index (χ0) is 16.4. The molecule has 0 saturated heterocycles. The first-order valence-corrected chi connectivity index (χ1v) is 6.94. The summed E-state index contributed by atoms with van der Waals surface area (Å²) in [6.07, 6.45) is 1.16. The van der Waals surface area contributed by atoms with Gasteiger partial charge in [0.25, 0.3) is 0 Å². The number of anilines is 1. The minimum atomic E-state index is -1.53. The van der Waals surface area contributed by atoms with E-state index in [2.05, 4.69) is 5.32 Å². The van der Waals surface area contributed by atoms with Crippen molar-refractivity contribution in [3.05, 3.63) is 59.9 Å². The molecular formula is C17H13NO5. The van der Waals surface area contributed by atoms with Crippen LogP contribution >= 0.6 is 0 Å². The number of furan rings is 1. The molecule has 2 heterocycles. The van der Waals surface area contributed by atoms with Crippen molar-refractivity contribution in [1.82, 2.24) is 0 Å². The summed E-state index contributed by atoms with van der Waals surface area (Å²) in [6, 6.07) is 11.9. The second-order valence-electron chi connectivity index (χ2n) is 5.03. The van der Waals surface area contributed by atoms with Crippen molar-refractivity contribution in [2.75, 3.05) is 5.32 Å². The van der Waals surface area contributed by atoms with Crippen molar-refractivity contribution < 1.29 is 23.5 Å². The van der Waals surface area contributed by atoms with Crippen LogP contribution in [0, 0.1) is 12.8 Å². The summed E-state index contributed by atoms with van der Waals surface area (Å²) in [5.41, 5.74) is 0.592. The molecule has 0 bridgehead atoms. The van der Waals surface area contributed by atoms with Gasteiger partial charge in [-0.2, -0.15) is 0 Å². The SMILES string of the molecule is Cc1ccc(NC(=O)C2C(=O)C=C(c3ccccc3)OC2=O)o1. The molecule has 1 N–H and O–H groups in total. The molecule has 116 valence electrons. The average Bonchev–Trinajstić information content (AvgIpc) is 2.92. The van der Waals surface area contributed by atoms with Gasteiger partial charge in [-0.05, 0) is 13.0 Å². The number of ether oxygens (including phenoxy) is 1. The number of benzene rings is 1. The maximum absolute atomic E-state index is 12.2. The van der Waals surface area contributed by atoms with Gasteiger partial charge >= 0.3 is 5.97 Å². The molecule has 1 unspecified atom stereocenters. The van der Waals surface area contributed by atoms with Gasteiger partial charge in [0.15, 0.2) is 17.6 Å². The molecular weight excluding hydrogens is 298 g/mol. The highest BCUT2D eigenvalue weighted by Crippen LogP contribution is 2.24. The van der Waals surface area contributed by atoms with Gasteiger partial charge < -0.3 is 9.15 Å². The van der Waals surface area contributed by atoms with E-state index in [1.807, 2.05) is 0 Å². The largest absolute Gasteiger partial charge is 0.446 e. The van der Waals surface area contributed by atoms with E-state index in [-0.39, 0.29) is 11.6 Å². The molecule has 3 rings (SSSR count). The van der Waals surface area contributed by atoms with Crippen molar-refractivity contribution in [3.8, 4) is 0 Å². The lowest BCUT2D eigenvalue weighted by molar-refractivity contribution is -0.149. The Morgan fingerprint density at radius 1 is 1.09 bits per heavy atom. The van der Waals surface area contributed by atoms with E-state index in [0.29, 0.717) is 11.3 Å². The average molecular weight is 311 g/mol. The molecule has 0 fully saturated rings. The number of esters is 1. The molecule has 1 aliphatic rings. The fraction of sp³-hybridized carbons (Fsp3) is 0.118. The third-order valence-electron chi connectivity index (χ3n) is 3.31. The molecule has 1 amide bonds. The molecule has 6 heteroatoms. The van der Waals surface area contributed by atoms with Gasteiger partial charge in [-0.3, -0.25) is 19.7 Å². The molecule has 0 aliphatic carbocycles. The molecule has 0 radical (unpaired) electrons. The lowest BCUT2D eigenvalue weighted by Gasteiger charge is -2.19. The van der Waals surface area contributed by atoms with Crippen LogP contribution in [0.3, 0.4) is 0 Å². The van der Waals surface area contributed by atoms with Crippen molar-refractivity contribution in [2.45, 2.75) is 6.92 Å². The number of cyclic esters (lactones) is 1. The van der Waals surface area contributed by atoms with Gasteiger partial charge in [-0.25, -0.2) is 0 Å². The molecule has 1 aromatic carbocycles. The number of amides is 1. The minimum Gasteiger partial charge on any atom is -0.446 e. The molecule has 1 aromatic heterocycles. The van der Waals surface area contributed by atoms with Crippen LogP contribution in [0.5, 0.6) is 0 Å². The van der Waals surface area contributed by atoms with E-state index in [1.54, 1.807) is 43.3 Å². The van der Waals surface area contributed by atoms with Gasteiger partial charge in [-0.1, -0.05) is 30.3 Å². The number of nitrogens with one attached hydrogen (secondary N) is 1. The number of allylic oxidation sites excluding steroid dienone is 1. The van der Waals surface area contributed by atoms with E-state index < -0.39 is 23.6 Å². The maximum Gasteiger partial charge on any atom is 0.331 e. The first-order valence-electron chi connectivity index (χ1n) is 6.94. The summed E-state index contributed by atoms with van der Waals surface area (Å²) in [4.78, 5) is 36.3. The first-order chi connectivity index (χ1) is 11.0. The molecule has 2 aromatic rings. The number of ketones is 1. The Bertz CT molecular complexity index is 803. The number of hydrogen-bond acceptors (Lipinski definition) is 5. The highest BCUT2D eigenvalue weighted by Gasteiger charge is 2.39. The minimum absolute atomic E-state index is 0.137. The Labute approximate surface area is 131 Å². The quantitative estimate of drug-likeness (QED) is 0.694. The monoisotopic (exact) mass is 311 g/mol.